The molecule has 2 aromatic rings. The Morgan fingerprint density at radius 3 is 2.50 bits per heavy atom. The van der Waals surface area contributed by atoms with E-state index in [1.807, 2.05) is 6.92 Å². The van der Waals surface area contributed by atoms with Crippen molar-refractivity contribution in [3.05, 3.63) is 73.1 Å². The molecule has 0 N–H and O–H groups in total. The van der Waals surface area contributed by atoms with Gasteiger partial charge in [-0.1, -0.05) is 30.4 Å². The van der Waals surface area contributed by atoms with Gasteiger partial charge >= 0.3 is 0 Å². The van der Waals surface area contributed by atoms with Crippen LogP contribution in [0.5, 0.6) is 0 Å². The number of allylic oxidation sites excluding steroid dienone is 2. The second-order valence-corrected chi connectivity index (χ2v) is 6.49. The van der Waals surface area contributed by atoms with Crippen molar-refractivity contribution in [3.63, 3.8) is 0 Å². The number of rotatable bonds is 5. The highest BCUT2D eigenvalue weighted by molar-refractivity contribution is 7.90. The lowest BCUT2D eigenvalue weighted by molar-refractivity contribution is 0.587. The number of hydrogen-bond donors (Lipinski definition) is 0. The van der Waals surface area contributed by atoms with Gasteiger partial charge in [-0.15, -0.1) is 6.58 Å². The summed E-state index contributed by atoms with van der Waals surface area (Å²) >= 11 is 0. The molecule has 0 aliphatic heterocycles. The smallest absolute Gasteiger partial charge is 0.248 e. The second-order valence-electron chi connectivity index (χ2n) is 4.64. The van der Waals surface area contributed by atoms with Crippen molar-refractivity contribution < 1.29 is 8.42 Å². The Morgan fingerprint density at radius 2 is 1.90 bits per heavy atom. The summed E-state index contributed by atoms with van der Waals surface area (Å²) in [6.45, 7) is 9.49. The summed E-state index contributed by atoms with van der Waals surface area (Å²) in [6.07, 6.45) is 5.50. The van der Waals surface area contributed by atoms with Crippen molar-refractivity contribution in [3.8, 4) is 0 Å². The van der Waals surface area contributed by atoms with Crippen molar-refractivity contribution >= 4 is 15.6 Å². The van der Waals surface area contributed by atoms with Crippen LogP contribution in [0.25, 0.3) is 5.57 Å². The predicted octanol–water partition coefficient (Wildman–Crippen LogP) is 3.62. The lowest BCUT2D eigenvalue weighted by Gasteiger charge is -2.06. The Morgan fingerprint density at radius 1 is 1.25 bits per heavy atom. The van der Waals surface area contributed by atoms with Gasteiger partial charge in [0.05, 0.1) is 4.90 Å². The minimum Gasteiger partial charge on any atom is -0.248 e. The number of hydrogen-bond acceptors (Lipinski definition) is 2. The van der Waals surface area contributed by atoms with Crippen molar-refractivity contribution in [2.24, 2.45) is 0 Å². The quantitative estimate of drug-likeness (QED) is 0.788. The Balaban J connectivity index is 2.38. The molecule has 104 valence electrons. The maximum absolute atomic E-state index is 12.5. The summed E-state index contributed by atoms with van der Waals surface area (Å²) in [6, 6.07) is 8.55. The van der Waals surface area contributed by atoms with Crippen molar-refractivity contribution in [1.29, 1.82) is 0 Å². The van der Waals surface area contributed by atoms with Crippen LogP contribution < -0.4 is 0 Å². The van der Waals surface area contributed by atoms with E-state index in [-0.39, 0.29) is 4.90 Å². The van der Waals surface area contributed by atoms with Gasteiger partial charge in [0.1, 0.15) is 0 Å². The van der Waals surface area contributed by atoms with Gasteiger partial charge in [0.25, 0.3) is 10.0 Å². The zero-order valence-corrected chi connectivity index (χ0v) is 12.2. The Kier molecular flexibility index (Phi) is 3.95. The average Bonchev–Trinajstić information content (AvgIpc) is 2.90. The number of nitrogens with zero attached hydrogens (tertiary/aromatic N) is 1. The van der Waals surface area contributed by atoms with Crippen LogP contribution in [0.15, 0.2) is 66.9 Å². The summed E-state index contributed by atoms with van der Waals surface area (Å²) in [5.74, 6) is 0. The molecule has 0 bridgehead atoms. The molecule has 20 heavy (non-hydrogen) atoms. The van der Waals surface area contributed by atoms with E-state index in [1.165, 1.54) is 3.97 Å². The zero-order valence-electron chi connectivity index (χ0n) is 11.4. The first kappa shape index (κ1) is 14.3. The highest BCUT2D eigenvalue weighted by Crippen LogP contribution is 2.20. The molecule has 1 aromatic heterocycles. The second kappa shape index (κ2) is 5.51. The van der Waals surface area contributed by atoms with Crippen LogP contribution in [0, 0.1) is 6.92 Å². The van der Waals surface area contributed by atoms with E-state index >= 15 is 0 Å². The third-order valence-electron chi connectivity index (χ3n) is 3.06. The van der Waals surface area contributed by atoms with E-state index in [4.69, 9.17) is 0 Å². The molecule has 0 aliphatic rings. The van der Waals surface area contributed by atoms with Gasteiger partial charge in [0, 0.05) is 12.4 Å². The molecule has 1 aromatic carbocycles. The van der Waals surface area contributed by atoms with E-state index in [2.05, 4.69) is 13.2 Å². The van der Waals surface area contributed by atoms with Crippen molar-refractivity contribution in [2.45, 2.75) is 18.2 Å². The lowest BCUT2D eigenvalue weighted by atomic mass is 10.1. The highest BCUT2D eigenvalue weighted by atomic mass is 32.2. The number of aryl methyl sites for hydroxylation is 1. The fourth-order valence-corrected chi connectivity index (χ4v) is 3.06. The van der Waals surface area contributed by atoms with Crippen LogP contribution in [0.2, 0.25) is 0 Å². The minimum absolute atomic E-state index is 0.277. The molecule has 0 fully saturated rings. The summed E-state index contributed by atoms with van der Waals surface area (Å²) in [5.41, 5.74) is 2.68. The first-order valence-electron chi connectivity index (χ1n) is 6.24. The van der Waals surface area contributed by atoms with E-state index in [0.717, 1.165) is 16.7 Å². The van der Waals surface area contributed by atoms with Gasteiger partial charge < -0.3 is 0 Å². The lowest BCUT2D eigenvalue weighted by Crippen LogP contribution is -2.10. The monoisotopic (exact) mass is 287 g/mol. The summed E-state index contributed by atoms with van der Waals surface area (Å²) in [5, 5.41) is 0. The third-order valence-corrected chi connectivity index (χ3v) is 4.71. The maximum atomic E-state index is 12.5. The molecule has 4 heteroatoms. The van der Waals surface area contributed by atoms with Gasteiger partial charge in [-0.05, 0) is 42.7 Å². The highest BCUT2D eigenvalue weighted by Gasteiger charge is 2.16. The van der Waals surface area contributed by atoms with Crippen molar-refractivity contribution in [2.75, 3.05) is 0 Å². The van der Waals surface area contributed by atoms with Crippen LogP contribution >= 0.6 is 0 Å². The van der Waals surface area contributed by atoms with Crippen LogP contribution in [0.1, 0.15) is 17.5 Å². The fourth-order valence-electron chi connectivity index (χ4n) is 1.86. The van der Waals surface area contributed by atoms with Gasteiger partial charge in [0.2, 0.25) is 0 Å². The normalized spacial score (nSPS) is 11.2. The van der Waals surface area contributed by atoms with Crippen molar-refractivity contribution in [1.82, 2.24) is 3.97 Å². The van der Waals surface area contributed by atoms with E-state index in [0.29, 0.717) is 6.42 Å². The number of aromatic nitrogens is 1. The van der Waals surface area contributed by atoms with Crippen LogP contribution in [0.4, 0.5) is 0 Å². The predicted molar refractivity (Wildman–Crippen MR) is 82.0 cm³/mol. The van der Waals surface area contributed by atoms with E-state index in [1.54, 1.807) is 48.8 Å². The Hall–Kier alpha value is -2.07. The maximum Gasteiger partial charge on any atom is 0.267 e. The van der Waals surface area contributed by atoms with Crippen LogP contribution in [-0.4, -0.2) is 12.4 Å². The van der Waals surface area contributed by atoms with E-state index in [9.17, 15) is 8.42 Å². The van der Waals surface area contributed by atoms with Gasteiger partial charge in [-0.2, -0.15) is 0 Å². The first-order valence-corrected chi connectivity index (χ1v) is 7.68. The number of benzene rings is 1. The Labute approximate surface area is 119 Å². The largest absolute Gasteiger partial charge is 0.267 e. The summed E-state index contributed by atoms with van der Waals surface area (Å²) < 4.78 is 26.1. The topological polar surface area (TPSA) is 39.1 Å². The molecule has 0 aliphatic carbocycles. The van der Waals surface area contributed by atoms with Gasteiger partial charge in [-0.3, -0.25) is 0 Å². The minimum atomic E-state index is -3.53. The van der Waals surface area contributed by atoms with Crippen LogP contribution in [0.3, 0.4) is 0 Å². The molecule has 0 saturated heterocycles. The SMILES string of the molecule is C=CCC(=C)c1ccn(S(=O)(=O)c2ccc(C)cc2)c1. The molecule has 2 rings (SSSR count). The molecule has 0 saturated carbocycles. The summed E-state index contributed by atoms with van der Waals surface area (Å²) in [7, 11) is -3.53. The molecular weight excluding hydrogens is 270 g/mol. The van der Waals surface area contributed by atoms with E-state index < -0.39 is 10.0 Å². The molecule has 0 atom stereocenters. The molecule has 0 unspecified atom stereocenters. The molecular formula is C16H17NO2S. The summed E-state index contributed by atoms with van der Waals surface area (Å²) in [4.78, 5) is 0.277. The molecule has 1 heterocycles. The fraction of sp³-hybridized carbons (Fsp3) is 0.125. The standard InChI is InChI=1S/C16H17NO2S/c1-4-5-14(3)15-10-11-17(12-15)20(18,19)16-8-6-13(2)7-9-16/h4,6-12H,1,3,5H2,2H3. The third kappa shape index (κ3) is 2.75. The molecule has 0 amide bonds. The van der Waals surface area contributed by atoms with Gasteiger partial charge in [0.15, 0.2) is 0 Å². The molecule has 3 nitrogen and oxygen atoms in total. The molecule has 0 spiro atoms. The zero-order chi connectivity index (χ0) is 14.8. The van der Waals surface area contributed by atoms with Gasteiger partial charge in [-0.25, -0.2) is 12.4 Å². The van der Waals surface area contributed by atoms with Crippen LogP contribution in [-0.2, 0) is 10.0 Å². The Bertz CT molecular complexity index is 737. The molecule has 0 radical (unpaired) electrons. The average molecular weight is 287 g/mol. The first-order chi connectivity index (χ1) is 9.45.